The number of esters is 2. The predicted octanol–water partition coefficient (Wildman–Crippen LogP) is 11.9. The van der Waals surface area contributed by atoms with Crippen molar-refractivity contribution in [1.29, 1.82) is 0 Å². The Morgan fingerprint density at radius 3 is 1.74 bits per heavy atom. The van der Waals surface area contributed by atoms with E-state index in [1.807, 2.05) is 75.8 Å². The highest BCUT2D eigenvalue weighted by Gasteiger charge is 2.27. The average Bonchev–Trinajstić information content (AvgIpc) is 3.21. The van der Waals surface area contributed by atoms with Crippen molar-refractivity contribution in [3.05, 3.63) is 122 Å². The first kappa shape index (κ1) is 57.4. The number of hydrogen-bond donors (Lipinski definition) is 2. The number of carbonyl (C=O) groups is 2. The van der Waals surface area contributed by atoms with Crippen LogP contribution in [0.3, 0.4) is 0 Å². The molecule has 0 aliphatic carbocycles. The zero-order chi connectivity index (χ0) is 45.1. The summed E-state index contributed by atoms with van der Waals surface area (Å²) in [6.07, 6.45) is 53.0. The van der Waals surface area contributed by atoms with Crippen LogP contribution in [0.25, 0.3) is 0 Å². The number of ether oxygens (including phenoxy) is 2. The third-order valence-electron chi connectivity index (χ3n) is 8.57. The van der Waals surface area contributed by atoms with Gasteiger partial charge in [-0.05, 0) is 83.5 Å². The van der Waals surface area contributed by atoms with E-state index in [1.54, 1.807) is 6.08 Å². The Morgan fingerprint density at radius 1 is 0.607 bits per heavy atom. The number of likely N-dealkylation sites (N-methyl/N-ethyl adjacent to an activating group) is 1. The molecule has 0 aliphatic rings. The fraction of sp³-hybridized carbons (Fsp3) is 0.560. The monoisotopic (exact) mass is 871 g/mol. The molecule has 11 heteroatoms. The van der Waals surface area contributed by atoms with Gasteiger partial charge in [0.25, 0.3) is 0 Å². The Kier molecular flexibility index (Phi) is 38.0. The summed E-state index contributed by atoms with van der Waals surface area (Å²) in [4.78, 5) is 35.3. The third kappa shape index (κ3) is 44.2. The lowest BCUT2D eigenvalue weighted by molar-refractivity contribution is -0.870. The molecule has 10 nitrogen and oxygen atoms in total. The Hall–Kier alpha value is -3.63. The lowest BCUT2D eigenvalue weighted by Crippen LogP contribution is -2.37. The van der Waals surface area contributed by atoms with E-state index in [2.05, 4.69) is 74.6 Å². The van der Waals surface area contributed by atoms with Gasteiger partial charge in [-0.15, -0.1) is 0 Å². The van der Waals surface area contributed by atoms with Gasteiger partial charge in [0.05, 0.1) is 33.9 Å². The van der Waals surface area contributed by atoms with Gasteiger partial charge >= 0.3 is 19.8 Å². The van der Waals surface area contributed by atoms with Crippen LogP contribution in [0.4, 0.5) is 0 Å². The van der Waals surface area contributed by atoms with E-state index in [4.69, 9.17) is 18.5 Å². The third-order valence-corrected chi connectivity index (χ3v) is 9.55. The van der Waals surface area contributed by atoms with E-state index in [1.165, 1.54) is 25.7 Å². The summed E-state index contributed by atoms with van der Waals surface area (Å²) in [7, 11) is 1.34. The van der Waals surface area contributed by atoms with E-state index >= 15 is 0 Å². The molecule has 0 saturated carbocycles. The molecule has 2 unspecified atom stereocenters. The minimum Gasteiger partial charge on any atom is -0.462 e. The van der Waals surface area contributed by atoms with Crippen molar-refractivity contribution in [3.63, 3.8) is 0 Å². The van der Waals surface area contributed by atoms with Crippen molar-refractivity contribution in [2.75, 3.05) is 47.5 Å². The summed E-state index contributed by atoms with van der Waals surface area (Å²) >= 11 is 0. The zero-order valence-electron chi connectivity index (χ0n) is 38.2. The summed E-state index contributed by atoms with van der Waals surface area (Å²) in [5.74, 6) is -1.02. The van der Waals surface area contributed by atoms with Crippen LogP contribution in [0.1, 0.15) is 123 Å². The minimum absolute atomic E-state index is 0.00870. The van der Waals surface area contributed by atoms with E-state index in [0.29, 0.717) is 43.1 Å². The topological polar surface area (TPSA) is 129 Å². The van der Waals surface area contributed by atoms with Gasteiger partial charge in [-0.25, -0.2) is 4.57 Å². The average molecular weight is 871 g/mol. The summed E-state index contributed by atoms with van der Waals surface area (Å²) in [6.45, 7) is 3.99. The maximum absolute atomic E-state index is 12.7. The molecule has 0 saturated heterocycles. The highest BCUT2D eigenvalue weighted by molar-refractivity contribution is 7.47. The molecular weight excluding hydrogens is 790 g/mol. The molecule has 0 aliphatic heterocycles. The van der Waals surface area contributed by atoms with Gasteiger partial charge in [0.1, 0.15) is 19.8 Å². The number of allylic oxidation sites excluding steroid dienone is 18. The highest BCUT2D eigenvalue weighted by Crippen LogP contribution is 2.43. The maximum Gasteiger partial charge on any atom is 0.472 e. The highest BCUT2D eigenvalue weighted by atomic mass is 31.2. The SMILES string of the molecule is CC/C=C\C/C=C\CC(O)/C=C/C=C\C/C=C\CCCC(=O)O[C@H](COC(=O)CC/C=C\C/C=C\C/C=C\C/C=C\C/C=C\CCCCC)COP(=O)(O)OCC[N+](C)(C)C. The summed E-state index contributed by atoms with van der Waals surface area (Å²) in [5, 5.41) is 10.0. The fourth-order valence-corrected chi connectivity index (χ4v) is 5.80. The van der Waals surface area contributed by atoms with Crippen molar-refractivity contribution in [2.45, 2.75) is 135 Å². The number of unbranched alkanes of at least 4 members (excludes halogenated alkanes) is 4. The molecule has 0 amide bonds. The fourth-order valence-electron chi connectivity index (χ4n) is 5.06. The van der Waals surface area contributed by atoms with Crippen molar-refractivity contribution in [1.82, 2.24) is 0 Å². The Balaban J connectivity index is 4.66. The van der Waals surface area contributed by atoms with Crippen molar-refractivity contribution in [3.8, 4) is 0 Å². The van der Waals surface area contributed by atoms with Gasteiger partial charge in [0.15, 0.2) is 6.10 Å². The van der Waals surface area contributed by atoms with Crippen molar-refractivity contribution < 1.29 is 47.2 Å². The number of rotatable bonds is 38. The molecule has 0 radical (unpaired) electrons. The van der Waals surface area contributed by atoms with Crippen LogP contribution in [-0.2, 0) is 32.7 Å². The number of quaternary nitrogens is 1. The molecular formula is C50H81NO9P+. The van der Waals surface area contributed by atoms with Gasteiger partial charge in [0.2, 0.25) is 0 Å². The standard InChI is InChI=1S/C50H80NO9P/c1-6-8-10-12-14-15-16-17-18-19-20-21-22-23-24-25-29-33-37-41-49(53)57-45-48(46-59-61(55,56)58-44-43-51(3,4)5)60-50(54)42-38-34-30-27-26-28-32-36-40-47(52)39-35-31-13-11-9-7-2/h9,11,14-15,17-18,20-21,23-24,27-33,35-36,40,47-48,52H,6-8,10,12-13,16,19,22,25-26,34,37-39,41-46H2,1-5H3/p+1/b11-9-,15-14-,18-17-,21-20-,24-23-,30-27-,32-28-,33-29-,35-31-,40-36+/t47?,48-/m1/s1. The van der Waals surface area contributed by atoms with Gasteiger partial charge < -0.3 is 24.0 Å². The summed E-state index contributed by atoms with van der Waals surface area (Å²) in [5.41, 5.74) is 0. The van der Waals surface area contributed by atoms with Gasteiger partial charge in [-0.3, -0.25) is 18.6 Å². The van der Waals surface area contributed by atoms with Gasteiger partial charge in [0, 0.05) is 12.8 Å². The molecule has 0 rings (SSSR count). The number of aliphatic hydroxyl groups excluding tert-OH is 1. The predicted molar refractivity (Wildman–Crippen MR) is 253 cm³/mol. The van der Waals surface area contributed by atoms with Crippen LogP contribution in [0.2, 0.25) is 0 Å². The van der Waals surface area contributed by atoms with E-state index in [9.17, 15) is 24.2 Å². The molecule has 0 aromatic heterocycles. The van der Waals surface area contributed by atoms with Crippen LogP contribution in [0, 0.1) is 0 Å². The molecule has 344 valence electrons. The second kappa shape index (κ2) is 40.4. The molecule has 3 atom stereocenters. The van der Waals surface area contributed by atoms with Crippen LogP contribution >= 0.6 is 7.82 Å². The van der Waals surface area contributed by atoms with Crippen LogP contribution in [0.15, 0.2) is 122 Å². The lowest BCUT2D eigenvalue weighted by Gasteiger charge is -2.24. The first-order valence-electron chi connectivity index (χ1n) is 22.4. The number of phosphoric ester groups is 1. The van der Waals surface area contributed by atoms with Crippen LogP contribution in [0.5, 0.6) is 0 Å². The first-order valence-corrected chi connectivity index (χ1v) is 23.9. The molecule has 0 fully saturated rings. The maximum atomic E-state index is 12.7. The number of hydrogen-bond acceptors (Lipinski definition) is 8. The Bertz CT molecular complexity index is 1460. The van der Waals surface area contributed by atoms with Crippen molar-refractivity contribution in [2.24, 2.45) is 0 Å². The number of nitrogens with zero attached hydrogens (tertiary/aromatic N) is 1. The lowest BCUT2D eigenvalue weighted by atomic mass is 10.2. The molecule has 0 aromatic carbocycles. The molecule has 0 bridgehead atoms. The normalized spacial score (nSPS) is 15.2. The summed E-state index contributed by atoms with van der Waals surface area (Å²) < 4.78 is 34.1. The van der Waals surface area contributed by atoms with Gasteiger partial charge in [-0.2, -0.15) is 0 Å². The van der Waals surface area contributed by atoms with E-state index in [-0.39, 0.29) is 26.1 Å². The largest absolute Gasteiger partial charge is 0.472 e. The van der Waals surface area contributed by atoms with E-state index < -0.39 is 38.6 Å². The smallest absolute Gasteiger partial charge is 0.462 e. The molecule has 0 aromatic rings. The van der Waals surface area contributed by atoms with Crippen LogP contribution < -0.4 is 0 Å². The summed E-state index contributed by atoms with van der Waals surface area (Å²) in [6, 6.07) is 0. The number of carbonyl (C=O) groups excluding carboxylic acids is 2. The molecule has 2 N–H and O–H groups in total. The molecule has 61 heavy (non-hydrogen) atoms. The van der Waals surface area contributed by atoms with Crippen LogP contribution in [-0.4, -0.2) is 86.1 Å². The zero-order valence-corrected chi connectivity index (χ0v) is 39.1. The molecule has 0 heterocycles. The Labute approximate surface area is 370 Å². The van der Waals surface area contributed by atoms with Crippen molar-refractivity contribution >= 4 is 19.8 Å². The van der Waals surface area contributed by atoms with Gasteiger partial charge in [-0.1, -0.05) is 148 Å². The Morgan fingerprint density at radius 2 is 1.15 bits per heavy atom. The number of phosphoric acid groups is 1. The second-order valence-electron chi connectivity index (χ2n) is 15.5. The minimum atomic E-state index is -4.43. The van der Waals surface area contributed by atoms with E-state index in [0.717, 1.165) is 38.5 Å². The number of aliphatic hydroxyl groups is 1. The second-order valence-corrected chi connectivity index (χ2v) is 17.0. The quantitative estimate of drug-likeness (QED) is 0.0156. The molecule has 0 spiro atoms. The first-order chi connectivity index (χ1) is 29.4.